The van der Waals surface area contributed by atoms with Crippen molar-refractivity contribution in [1.29, 1.82) is 0 Å². The first kappa shape index (κ1) is 14.9. The first-order chi connectivity index (χ1) is 10.9. The molecule has 0 radical (unpaired) electrons. The third-order valence-corrected chi connectivity index (χ3v) is 4.33. The molecule has 7 nitrogen and oxygen atoms in total. The number of aryl methyl sites for hydroxylation is 1. The third kappa shape index (κ3) is 2.17. The van der Waals surface area contributed by atoms with Crippen LogP contribution in [0.4, 0.5) is 4.39 Å². The predicted octanol–water partition coefficient (Wildman–Crippen LogP) is 1.29. The number of halogens is 1. The number of fused-ring (bicyclic) bond motifs is 2. The fourth-order valence-electron chi connectivity index (χ4n) is 3.41. The Bertz CT molecular complexity index is 763. The van der Waals surface area contributed by atoms with E-state index in [1.54, 1.807) is 25.3 Å². The average Bonchev–Trinajstić information content (AvgIpc) is 3.08. The topological polar surface area (TPSA) is 78.6 Å². The zero-order valence-corrected chi connectivity index (χ0v) is 13.1. The molecule has 4 atom stereocenters. The number of nitrogens with zero attached hydrogens (tertiary/aromatic N) is 3. The molecule has 0 amide bonds. The van der Waals surface area contributed by atoms with Gasteiger partial charge >= 0.3 is 0 Å². The highest BCUT2D eigenvalue weighted by Gasteiger charge is 2.55. The van der Waals surface area contributed by atoms with E-state index < -0.39 is 36.1 Å². The molecule has 2 aromatic rings. The van der Waals surface area contributed by atoms with E-state index >= 15 is 0 Å². The van der Waals surface area contributed by atoms with Crippen molar-refractivity contribution in [3.8, 4) is 0 Å². The van der Waals surface area contributed by atoms with Gasteiger partial charge in [-0.3, -0.25) is 0 Å². The van der Waals surface area contributed by atoms with E-state index in [4.69, 9.17) is 14.2 Å². The van der Waals surface area contributed by atoms with Crippen molar-refractivity contribution in [3.05, 3.63) is 24.0 Å². The maximum absolute atomic E-state index is 14.3. The van der Waals surface area contributed by atoms with Crippen LogP contribution < -0.4 is 0 Å². The molecule has 0 saturated carbocycles. The van der Waals surface area contributed by atoms with E-state index in [-0.39, 0.29) is 6.61 Å². The second-order valence-corrected chi connectivity index (χ2v) is 6.35. The summed E-state index contributed by atoms with van der Waals surface area (Å²) in [5.41, 5.74) is 0.995. The Hall–Kier alpha value is -1.61. The molecule has 2 aliphatic heterocycles. The molecule has 1 N–H and O–H groups in total. The summed E-state index contributed by atoms with van der Waals surface area (Å²) < 4.78 is 33.5. The van der Waals surface area contributed by atoms with Crippen molar-refractivity contribution in [2.75, 3.05) is 6.61 Å². The van der Waals surface area contributed by atoms with Gasteiger partial charge in [-0.25, -0.2) is 14.4 Å². The fraction of sp³-hybridized carbons (Fsp3) is 0.600. The van der Waals surface area contributed by atoms with E-state index in [1.165, 1.54) is 12.5 Å². The van der Waals surface area contributed by atoms with Crippen LogP contribution >= 0.6 is 0 Å². The minimum absolute atomic E-state index is 0.202. The lowest BCUT2D eigenvalue weighted by Crippen LogP contribution is -2.31. The molecule has 0 aliphatic carbocycles. The van der Waals surface area contributed by atoms with Crippen LogP contribution in [0, 0.1) is 12.7 Å². The molecule has 23 heavy (non-hydrogen) atoms. The largest absolute Gasteiger partial charge is 0.394 e. The molecule has 2 saturated heterocycles. The summed E-state index contributed by atoms with van der Waals surface area (Å²) >= 11 is 0. The van der Waals surface area contributed by atoms with Crippen LogP contribution in [0.3, 0.4) is 0 Å². The van der Waals surface area contributed by atoms with E-state index in [9.17, 15) is 9.50 Å². The summed E-state index contributed by atoms with van der Waals surface area (Å²) in [5, 5.41) is 9.90. The minimum Gasteiger partial charge on any atom is -0.394 e. The lowest BCUT2D eigenvalue weighted by atomic mass is 10.1. The van der Waals surface area contributed by atoms with E-state index in [0.29, 0.717) is 16.7 Å². The van der Waals surface area contributed by atoms with Gasteiger partial charge in [0.15, 0.2) is 17.8 Å². The van der Waals surface area contributed by atoms with Gasteiger partial charge in [0.05, 0.1) is 17.7 Å². The van der Waals surface area contributed by atoms with Gasteiger partial charge in [-0.05, 0) is 20.8 Å². The average molecular weight is 323 g/mol. The van der Waals surface area contributed by atoms with Gasteiger partial charge in [-0.1, -0.05) is 0 Å². The standard InChI is InChI=1S/C15H18FN3O4/c1-7-10-8(16)4-19(13(10)18-6-17-7)14-12-11(9(5-20)21-14)22-15(2,3)23-12/h4,6,9,11-12,14,20H,5H2,1-3H3/t9-,11-,12-,14-/m1/s1. The van der Waals surface area contributed by atoms with Crippen LogP contribution in [-0.4, -0.2) is 50.3 Å². The summed E-state index contributed by atoms with van der Waals surface area (Å²) in [6.45, 7) is 5.13. The Morgan fingerprint density at radius 1 is 1.30 bits per heavy atom. The Balaban J connectivity index is 1.81. The van der Waals surface area contributed by atoms with Crippen molar-refractivity contribution >= 4 is 11.0 Å². The molecule has 2 aromatic heterocycles. The lowest BCUT2D eigenvalue weighted by molar-refractivity contribution is -0.199. The molecule has 8 heteroatoms. The summed E-state index contributed by atoms with van der Waals surface area (Å²) in [5.74, 6) is -1.19. The quantitative estimate of drug-likeness (QED) is 0.897. The van der Waals surface area contributed by atoms with Gasteiger partial charge in [0, 0.05) is 6.20 Å². The van der Waals surface area contributed by atoms with Crippen LogP contribution in [0.1, 0.15) is 25.8 Å². The highest BCUT2D eigenvalue weighted by atomic mass is 19.1. The highest BCUT2D eigenvalue weighted by Crippen LogP contribution is 2.44. The number of aromatic nitrogens is 3. The van der Waals surface area contributed by atoms with Crippen LogP contribution in [0.5, 0.6) is 0 Å². The van der Waals surface area contributed by atoms with Crippen molar-refractivity contribution in [3.63, 3.8) is 0 Å². The molecular formula is C15H18FN3O4. The summed E-state index contributed by atoms with van der Waals surface area (Å²) in [6.07, 6.45) is 0.702. The van der Waals surface area contributed by atoms with Gasteiger partial charge in [-0.15, -0.1) is 0 Å². The Kier molecular flexibility index (Phi) is 3.21. The first-order valence-electron chi connectivity index (χ1n) is 7.51. The molecule has 2 fully saturated rings. The first-order valence-corrected chi connectivity index (χ1v) is 7.51. The maximum Gasteiger partial charge on any atom is 0.165 e. The molecule has 4 heterocycles. The zero-order chi connectivity index (χ0) is 16.4. The Labute approximate surface area is 132 Å². The third-order valence-electron chi connectivity index (χ3n) is 4.33. The molecular weight excluding hydrogens is 305 g/mol. The van der Waals surface area contributed by atoms with E-state index in [0.717, 1.165) is 0 Å². The summed E-state index contributed by atoms with van der Waals surface area (Å²) in [4.78, 5) is 8.21. The maximum atomic E-state index is 14.3. The van der Waals surface area contributed by atoms with Crippen molar-refractivity contribution in [2.24, 2.45) is 0 Å². The Morgan fingerprint density at radius 3 is 2.78 bits per heavy atom. The van der Waals surface area contributed by atoms with Gasteiger partial charge in [0.25, 0.3) is 0 Å². The summed E-state index contributed by atoms with van der Waals surface area (Å²) in [7, 11) is 0. The monoisotopic (exact) mass is 323 g/mol. The smallest absolute Gasteiger partial charge is 0.165 e. The zero-order valence-electron chi connectivity index (χ0n) is 13.1. The molecule has 0 unspecified atom stereocenters. The van der Waals surface area contributed by atoms with Crippen LogP contribution in [0.25, 0.3) is 11.0 Å². The normalized spacial score (nSPS) is 32.6. The lowest BCUT2D eigenvalue weighted by Gasteiger charge is -2.24. The predicted molar refractivity (Wildman–Crippen MR) is 77.0 cm³/mol. The highest BCUT2D eigenvalue weighted by molar-refractivity contribution is 5.79. The Morgan fingerprint density at radius 2 is 2.04 bits per heavy atom. The second kappa shape index (κ2) is 4.94. The molecule has 0 aromatic carbocycles. The van der Waals surface area contributed by atoms with Crippen LogP contribution in [-0.2, 0) is 14.2 Å². The van der Waals surface area contributed by atoms with Crippen LogP contribution in [0.2, 0.25) is 0 Å². The molecule has 0 spiro atoms. The number of hydrogen-bond acceptors (Lipinski definition) is 6. The molecule has 4 rings (SSSR count). The molecule has 0 bridgehead atoms. The van der Waals surface area contributed by atoms with Crippen molar-refractivity contribution in [2.45, 2.75) is 51.1 Å². The van der Waals surface area contributed by atoms with Crippen LogP contribution in [0.15, 0.2) is 12.5 Å². The van der Waals surface area contributed by atoms with Gasteiger partial charge in [-0.2, -0.15) is 0 Å². The molecule has 124 valence electrons. The number of aliphatic hydroxyl groups excluding tert-OH is 1. The van der Waals surface area contributed by atoms with E-state index in [1.807, 2.05) is 0 Å². The number of aliphatic hydroxyl groups is 1. The van der Waals surface area contributed by atoms with Crippen molar-refractivity contribution < 1.29 is 23.7 Å². The SMILES string of the molecule is Cc1ncnc2c1c(F)cn2[C@@H]1O[C@H](CO)[C@H]2OC(C)(C)O[C@H]21. The van der Waals surface area contributed by atoms with Gasteiger partial charge in [0.2, 0.25) is 0 Å². The second-order valence-electron chi connectivity index (χ2n) is 6.35. The number of hydrogen-bond donors (Lipinski definition) is 1. The minimum atomic E-state index is -0.781. The fourth-order valence-corrected chi connectivity index (χ4v) is 3.41. The van der Waals surface area contributed by atoms with Gasteiger partial charge < -0.3 is 23.9 Å². The van der Waals surface area contributed by atoms with Crippen molar-refractivity contribution in [1.82, 2.24) is 14.5 Å². The molecule has 2 aliphatic rings. The number of ether oxygens (including phenoxy) is 3. The number of rotatable bonds is 2. The van der Waals surface area contributed by atoms with E-state index in [2.05, 4.69) is 9.97 Å². The summed E-state index contributed by atoms with van der Waals surface area (Å²) in [6, 6.07) is 0. The van der Waals surface area contributed by atoms with Gasteiger partial charge in [0.1, 0.15) is 30.3 Å².